The van der Waals surface area contributed by atoms with Gasteiger partial charge in [-0.15, -0.1) is 13.2 Å². The van der Waals surface area contributed by atoms with Crippen molar-refractivity contribution in [3.63, 3.8) is 0 Å². The first-order valence-electron chi connectivity index (χ1n) is 9.35. The summed E-state index contributed by atoms with van der Waals surface area (Å²) in [5, 5.41) is 0. The average Bonchev–Trinajstić information content (AvgIpc) is 3.14. The molecule has 0 N–H and O–H groups in total. The largest absolute Gasteiger partial charge is 0.469 e. The van der Waals surface area contributed by atoms with Crippen LogP contribution in [0.3, 0.4) is 0 Å². The Bertz CT molecular complexity index is 621. The van der Waals surface area contributed by atoms with Gasteiger partial charge in [0.05, 0.1) is 19.3 Å². The minimum absolute atomic E-state index is 0.253. The second-order valence-corrected chi connectivity index (χ2v) is 7.99. The zero-order chi connectivity index (χ0) is 20.2. The molecule has 0 saturated carbocycles. The first-order valence-corrected chi connectivity index (χ1v) is 9.35. The number of fused-ring (bicyclic) bond motifs is 2. The van der Waals surface area contributed by atoms with Gasteiger partial charge in [0.2, 0.25) is 0 Å². The second kappa shape index (κ2) is 8.30. The zero-order valence-electron chi connectivity index (χ0n) is 16.8. The van der Waals surface area contributed by atoms with Crippen LogP contribution in [0.15, 0.2) is 37.5 Å². The number of amides is 1. The van der Waals surface area contributed by atoms with Gasteiger partial charge in [-0.3, -0.25) is 9.69 Å². The van der Waals surface area contributed by atoms with Gasteiger partial charge in [-0.05, 0) is 40.0 Å². The number of allylic oxidation sites excluding steroid dienone is 1. The highest BCUT2D eigenvalue weighted by atomic mass is 16.6. The Morgan fingerprint density at radius 3 is 2.56 bits per heavy atom. The van der Waals surface area contributed by atoms with E-state index in [0.29, 0.717) is 6.42 Å². The number of hydrogen-bond donors (Lipinski definition) is 0. The molecule has 6 heteroatoms. The van der Waals surface area contributed by atoms with Crippen molar-refractivity contribution >= 4 is 12.1 Å². The second-order valence-electron chi connectivity index (χ2n) is 7.99. The lowest BCUT2D eigenvalue weighted by Gasteiger charge is -2.37. The monoisotopic (exact) mass is 377 g/mol. The number of nitrogens with zero attached hydrogens (tertiary/aromatic N) is 1. The maximum atomic E-state index is 12.8. The maximum Gasteiger partial charge on any atom is 0.410 e. The third-order valence-corrected chi connectivity index (χ3v) is 4.87. The van der Waals surface area contributed by atoms with Crippen molar-refractivity contribution in [1.82, 2.24) is 4.90 Å². The van der Waals surface area contributed by atoms with E-state index in [2.05, 4.69) is 13.2 Å². The SMILES string of the molecule is C=CCCC[C@@]12C=C[C@@H](O1)[C@@H](N(CC=C)C(=O)OC(C)(C)C)[C@@H]2C(=O)OC. The van der Waals surface area contributed by atoms with Gasteiger partial charge in [0.15, 0.2) is 0 Å². The Labute approximate surface area is 161 Å². The molecule has 27 heavy (non-hydrogen) atoms. The standard InChI is InChI=1S/C21H31NO5/c1-7-9-10-12-21-13-11-15(26-21)17(16(21)18(23)25-6)22(14-8-2)19(24)27-20(3,4)5/h7-8,11,13,15-17H,1-2,9-10,12,14H2,3-6H3/t15-,16-,17-,21+/m1/s1. The van der Waals surface area contributed by atoms with E-state index in [-0.39, 0.29) is 18.6 Å². The van der Waals surface area contributed by atoms with E-state index in [9.17, 15) is 9.59 Å². The fourth-order valence-electron chi connectivity index (χ4n) is 3.85. The van der Waals surface area contributed by atoms with Gasteiger partial charge in [-0.1, -0.05) is 24.3 Å². The van der Waals surface area contributed by atoms with Gasteiger partial charge < -0.3 is 14.2 Å². The molecule has 2 heterocycles. The van der Waals surface area contributed by atoms with Crippen molar-refractivity contribution in [2.45, 2.75) is 63.4 Å². The number of hydrogen-bond acceptors (Lipinski definition) is 5. The van der Waals surface area contributed by atoms with Gasteiger partial charge >= 0.3 is 12.1 Å². The highest BCUT2D eigenvalue weighted by Gasteiger charge is 2.62. The minimum Gasteiger partial charge on any atom is -0.469 e. The van der Waals surface area contributed by atoms with Crippen LogP contribution >= 0.6 is 0 Å². The van der Waals surface area contributed by atoms with E-state index in [1.807, 2.05) is 39.0 Å². The van der Waals surface area contributed by atoms with E-state index in [1.54, 1.807) is 6.08 Å². The summed E-state index contributed by atoms with van der Waals surface area (Å²) in [7, 11) is 1.36. The third kappa shape index (κ3) is 4.43. The molecule has 1 saturated heterocycles. The van der Waals surface area contributed by atoms with Crippen LogP contribution in [0.4, 0.5) is 4.79 Å². The molecule has 4 atom stereocenters. The van der Waals surface area contributed by atoms with E-state index in [4.69, 9.17) is 14.2 Å². The van der Waals surface area contributed by atoms with Gasteiger partial charge in [-0.25, -0.2) is 4.79 Å². The molecule has 0 aromatic rings. The molecule has 1 fully saturated rings. The van der Waals surface area contributed by atoms with Crippen molar-refractivity contribution in [2.24, 2.45) is 5.92 Å². The van der Waals surface area contributed by atoms with E-state index >= 15 is 0 Å². The maximum absolute atomic E-state index is 12.8. The van der Waals surface area contributed by atoms with E-state index in [1.165, 1.54) is 12.0 Å². The Balaban J connectivity index is 2.35. The fourth-order valence-corrected chi connectivity index (χ4v) is 3.85. The quantitative estimate of drug-likeness (QED) is 0.367. The van der Waals surface area contributed by atoms with Crippen LogP contribution in [-0.2, 0) is 19.0 Å². The van der Waals surface area contributed by atoms with Crippen LogP contribution in [0.5, 0.6) is 0 Å². The van der Waals surface area contributed by atoms with Crippen molar-refractivity contribution in [3.05, 3.63) is 37.5 Å². The van der Waals surface area contributed by atoms with Crippen LogP contribution in [0, 0.1) is 5.92 Å². The van der Waals surface area contributed by atoms with Crippen LogP contribution in [0.2, 0.25) is 0 Å². The first-order chi connectivity index (χ1) is 12.7. The number of carbonyl (C=O) groups excluding carboxylic acids is 2. The lowest BCUT2D eigenvalue weighted by Crippen LogP contribution is -2.54. The Morgan fingerprint density at radius 1 is 1.30 bits per heavy atom. The normalized spacial score (nSPS) is 28.7. The molecular weight excluding hydrogens is 346 g/mol. The lowest BCUT2D eigenvalue weighted by molar-refractivity contribution is -0.151. The van der Waals surface area contributed by atoms with Gasteiger partial charge in [0.25, 0.3) is 0 Å². The molecule has 0 aromatic carbocycles. The molecular formula is C21H31NO5. The fraction of sp³-hybridized carbons (Fsp3) is 0.619. The Kier molecular flexibility index (Phi) is 6.52. The van der Waals surface area contributed by atoms with Crippen LogP contribution in [-0.4, -0.2) is 54.0 Å². The van der Waals surface area contributed by atoms with Crippen molar-refractivity contribution in [1.29, 1.82) is 0 Å². The number of methoxy groups -OCH3 is 1. The zero-order valence-corrected chi connectivity index (χ0v) is 16.8. The smallest absolute Gasteiger partial charge is 0.410 e. The molecule has 2 aliphatic heterocycles. The molecule has 0 radical (unpaired) electrons. The number of carbonyl (C=O) groups is 2. The number of unbranched alkanes of at least 4 members (excludes halogenated alkanes) is 1. The predicted molar refractivity (Wildman–Crippen MR) is 103 cm³/mol. The summed E-state index contributed by atoms with van der Waals surface area (Å²) in [5.41, 5.74) is -1.42. The molecule has 150 valence electrons. The molecule has 2 rings (SSSR count). The summed E-state index contributed by atoms with van der Waals surface area (Å²) in [6, 6.07) is -0.501. The summed E-state index contributed by atoms with van der Waals surface area (Å²) in [4.78, 5) is 27.1. The number of ether oxygens (including phenoxy) is 3. The van der Waals surface area contributed by atoms with Gasteiger partial charge in [0, 0.05) is 6.54 Å². The highest BCUT2D eigenvalue weighted by Crippen LogP contribution is 2.49. The van der Waals surface area contributed by atoms with E-state index in [0.717, 1.165) is 12.8 Å². The van der Waals surface area contributed by atoms with Crippen LogP contribution in [0.1, 0.15) is 40.0 Å². The highest BCUT2D eigenvalue weighted by molar-refractivity contribution is 5.79. The molecule has 2 aliphatic rings. The summed E-state index contributed by atoms with van der Waals surface area (Å²) in [6.07, 6.45) is 8.77. The predicted octanol–water partition coefficient (Wildman–Crippen LogP) is 3.63. The number of esters is 1. The van der Waals surface area contributed by atoms with Crippen LogP contribution in [0.25, 0.3) is 0 Å². The summed E-state index contributed by atoms with van der Waals surface area (Å²) in [5.74, 6) is -1.00. The summed E-state index contributed by atoms with van der Waals surface area (Å²) in [6.45, 7) is 13.2. The molecule has 1 amide bonds. The third-order valence-electron chi connectivity index (χ3n) is 4.87. The van der Waals surface area contributed by atoms with Gasteiger partial charge in [-0.2, -0.15) is 0 Å². The average molecular weight is 377 g/mol. The molecule has 0 aliphatic carbocycles. The van der Waals surface area contributed by atoms with Crippen molar-refractivity contribution in [3.8, 4) is 0 Å². The summed E-state index contributed by atoms with van der Waals surface area (Å²) >= 11 is 0. The molecule has 0 unspecified atom stereocenters. The molecule has 6 nitrogen and oxygen atoms in total. The first kappa shape index (κ1) is 21.2. The molecule has 0 aromatic heterocycles. The van der Waals surface area contributed by atoms with Crippen molar-refractivity contribution < 1.29 is 23.8 Å². The molecule has 0 spiro atoms. The summed E-state index contributed by atoms with van der Waals surface area (Å²) < 4.78 is 16.9. The minimum atomic E-state index is -0.771. The Morgan fingerprint density at radius 2 is 2.00 bits per heavy atom. The van der Waals surface area contributed by atoms with Crippen LogP contribution < -0.4 is 0 Å². The lowest BCUT2D eigenvalue weighted by atomic mass is 9.76. The van der Waals surface area contributed by atoms with Crippen molar-refractivity contribution in [2.75, 3.05) is 13.7 Å². The van der Waals surface area contributed by atoms with Gasteiger partial charge in [0.1, 0.15) is 17.1 Å². The molecule has 2 bridgehead atoms. The van der Waals surface area contributed by atoms with E-state index < -0.39 is 29.3 Å². The number of rotatable bonds is 8. The Hall–Kier alpha value is -2.08. The topological polar surface area (TPSA) is 65.1 Å².